The molecule has 0 saturated carbocycles. The highest BCUT2D eigenvalue weighted by Crippen LogP contribution is 2.21. The first-order chi connectivity index (χ1) is 10.1. The Bertz CT molecular complexity index is 616. The molecule has 1 aliphatic rings. The van der Waals surface area contributed by atoms with E-state index in [0.717, 1.165) is 25.9 Å². The molecule has 1 aliphatic heterocycles. The SMILES string of the molecule is CN(CCC1CCCCO1)S(=O)(=O)c1ccccc1C#N. The Labute approximate surface area is 126 Å². The number of nitrogens with zero attached hydrogens (tertiary/aromatic N) is 2. The van der Waals surface area contributed by atoms with Crippen LogP contribution in [-0.2, 0) is 14.8 Å². The zero-order chi connectivity index (χ0) is 15.3. The normalized spacial score (nSPS) is 19.4. The predicted molar refractivity (Wildman–Crippen MR) is 79.2 cm³/mol. The molecule has 1 unspecified atom stereocenters. The van der Waals surface area contributed by atoms with Crippen LogP contribution in [0.2, 0.25) is 0 Å². The Morgan fingerprint density at radius 3 is 2.81 bits per heavy atom. The third-order valence-electron chi connectivity index (χ3n) is 3.74. The fraction of sp³-hybridized carbons (Fsp3) is 0.533. The Balaban J connectivity index is 2.06. The topological polar surface area (TPSA) is 70.4 Å². The van der Waals surface area contributed by atoms with Gasteiger partial charge >= 0.3 is 0 Å². The van der Waals surface area contributed by atoms with Gasteiger partial charge in [-0.1, -0.05) is 12.1 Å². The zero-order valence-electron chi connectivity index (χ0n) is 12.2. The average Bonchev–Trinajstić information content (AvgIpc) is 2.53. The number of benzene rings is 1. The van der Waals surface area contributed by atoms with E-state index in [0.29, 0.717) is 13.0 Å². The molecular formula is C15H20N2O3S. The van der Waals surface area contributed by atoms with Crippen LogP contribution < -0.4 is 0 Å². The summed E-state index contributed by atoms with van der Waals surface area (Å²) in [5.74, 6) is 0. The molecule has 1 heterocycles. The van der Waals surface area contributed by atoms with Gasteiger partial charge < -0.3 is 4.74 Å². The van der Waals surface area contributed by atoms with Crippen molar-refractivity contribution in [3.8, 4) is 6.07 Å². The second-order valence-electron chi connectivity index (χ2n) is 5.21. The van der Waals surface area contributed by atoms with E-state index < -0.39 is 10.0 Å². The third kappa shape index (κ3) is 3.82. The average molecular weight is 308 g/mol. The lowest BCUT2D eigenvalue weighted by Gasteiger charge is -2.25. The first-order valence-electron chi connectivity index (χ1n) is 7.13. The predicted octanol–water partition coefficient (Wildman–Crippen LogP) is 2.14. The van der Waals surface area contributed by atoms with Crippen LogP contribution in [0.25, 0.3) is 0 Å². The summed E-state index contributed by atoms with van der Waals surface area (Å²) >= 11 is 0. The van der Waals surface area contributed by atoms with Crippen LogP contribution in [0, 0.1) is 11.3 Å². The summed E-state index contributed by atoms with van der Waals surface area (Å²) in [7, 11) is -2.08. The number of hydrogen-bond acceptors (Lipinski definition) is 4. The van der Waals surface area contributed by atoms with E-state index in [2.05, 4.69) is 0 Å². The summed E-state index contributed by atoms with van der Waals surface area (Å²) in [4.78, 5) is 0.0690. The Hall–Kier alpha value is -1.42. The van der Waals surface area contributed by atoms with Crippen molar-refractivity contribution in [2.45, 2.75) is 36.7 Å². The highest BCUT2D eigenvalue weighted by atomic mass is 32.2. The number of nitriles is 1. The van der Waals surface area contributed by atoms with Crippen LogP contribution in [0.4, 0.5) is 0 Å². The minimum absolute atomic E-state index is 0.0690. The van der Waals surface area contributed by atoms with Crippen LogP contribution in [-0.4, -0.2) is 39.0 Å². The van der Waals surface area contributed by atoms with Crippen molar-refractivity contribution in [3.05, 3.63) is 29.8 Å². The quantitative estimate of drug-likeness (QED) is 0.835. The van der Waals surface area contributed by atoms with Crippen molar-refractivity contribution in [3.63, 3.8) is 0 Å². The smallest absolute Gasteiger partial charge is 0.244 e. The molecule has 1 saturated heterocycles. The molecule has 0 aromatic heterocycles. The second-order valence-corrected chi connectivity index (χ2v) is 7.23. The molecule has 1 aromatic rings. The van der Waals surface area contributed by atoms with Crippen molar-refractivity contribution in [2.75, 3.05) is 20.2 Å². The highest BCUT2D eigenvalue weighted by Gasteiger charge is 2.25. The molecule has 2 rings (SSSR count). The number of sulfonamides is 1. The Morgan fingerprint density at radius 1 is 1.38 bits per heavy atom. The maximum absolute atomic E-state index is 12.5. The molecule has 0 radical (unpaired) electrons. The van der Waals surface area contributed by atoms with Gasteiger partial charge in [0.1, 0.15) is 6.07 Å². The molecule has 0 amide bonds. The zero-order valence-corrected chi connectivity index (χ0v) is 13.0. The maximum atomic E-state index is 12.5. The van der Waals surface area contributed by atoms with Crippen molar-refractivity contribution in [1.82, 2.24) is 4.31 Å². The van der Waals surface area contributed by atoms with E-state index in [1.807, 2.05) is 6.07 Å². The van der Waals surface area contributed by atoms with Gasteiger partial charge in [-0.15, -0.1) is 0 Å². The Kier molecular flexibility index (Phi) is 5.34. The van der Waals surface area contributed by atoms with Crippen LogP contribution in [0.1, 0.15) is 31.2 Å². The molecule has 1 aromatic carbocycles. The van der Waals surface area contributed by atoms with Gasteiger partial charge in [0.2, 0.25) is 10.0 Å². The molecular weight excluding hydrogens is 288 g/mol. The first-order valence-corrected chi connectivity index (χ1v) is 8.57. The molecule has 5 nitrogen and oxygen atoms in total. The largest absolute Gasteiger partial charge is 0.378 e. The standard InChI is InChI=1S/C15H20N2O3S/c1-17(10-9-14-7-4-5-11-20-14)21(18,19)15-8-3-2-6-13(15)12-16/h2-3,6,8,14H,4-5,7,9-11H2,1H3. The van der Waals surface area contributed by atoms with Gasteiger partial charge in [0.15, 0.2) is 0 Å². The van der Waals surface area contributed by atoms with E-state index >= 15 is 0 Å². The van der Waals surface area contributed by atoms with Gasteiger partial charge in [-0.05, 0) is 37.8 Å². The van der Waals surface area contributed by atoms with Crippen LogP contribution in [0.3, 0.4) is 0 Å². The monoisotopic (exact) mass is 308 g/mol. The van der Waals surface area contributed by atoms with Crippen LogP contribution in [0.15, 0.2) is 29.2 Å². The van der Waals surface area contributed by atoms with Crippen LogP contribution in [0.5, 0.6) is 0 Å². The number of hydrogen-bond donors (Lipinski definition) is 0. The van der Waals surface area contributed by atoms with Gasteiger partial charge in [0.25, 0.3) is 0 Å². The van der Waals surface area contributed by atoms with E-state index in [4.69, 9.17) is 10.00 Å². The molecule has 114 valence electrons. The molecule has 21 heavy (non-hydrogen) atoms. The van der Waals surface area contributed by atoms with E-state index in [9.17, 15) is 8.42 Å². The number of rotatable bonds is 5. The van der Waals surface area contributed by atoms with Crippen molar-refractivity contribution < 1.29 is 13.2 Å². The first kappa shape index (κ1) is 16.0. The summed E-state index contributed by atoms with van der Waals surface area (Å²) in [5.41, 5.74) is 0.179. The van der Waals surface area contributed by atoms with Gasteiger partial charge in [-0.25, -0.2) is 12.7 Å². The number of ether oxygens (including phenoxy) is 1. The van der Waals surface area contributed by atoms with Crippen molar-refractivity contribution in [2.24, 2.45) is 0 Å². The van der Waals surface area contributed by atoms with E-state index in [1.165, 1.54) is 16.4 Å². The minimum atomic E-state index is -3.63. The van der Waals surface area contributed by atoms with Crippen molar-refractivity contribution in [1.29, 1.82) is 5.26 Å². The lowest BCUT2D eigenvalue weighted by atomic mass is 10.1. The summed E-state index contributed by atoms with van der Waals surface area (Å²) in [6.07, 6.45) is 4.04. The highest BCUT2D eigenvalue weighted by molar-refractivity contribution is 7.89. The lowest BCUT2D eigenvalue weighted by Crippen LogP contribution is -2.32. The molecule has 6 heteroatoms. The van der Waals surface area contributed by atoms with Gasteiger partial charge in [0, 0.05) is 20.2 Å². The molecule has 0 spiro atoms. The van der Waals surface area contributed by atoms with Gasteiger partial charge in [0.05, 0.1) is 16.6 Å². The fourth-order valence-corrected chi connectivity index (χ4v) is 3.76. The summed E-state index contributed by atoms with van der Waals surface area (Å²) < 4.78 is 32.0. The molecule has 0 N–H and O–H groups in total. The van der Waals surface area contributed by atoms with E-state index in [1.54, 1.807) is 19.2 Å². The lowest BCUT2D eigenvalue weighted by molar-refractivity contribution is 0.00950. The third-order valence-corrected chi connectivity index (χ3v) is 5.65. The van der Waals surface area contributed by atoms with Gasteiger partial charge in [-0.2, -0.15) is 5.26 Å². The van der Waals surface area contributed by atoms with Crippen LogP contribution >= 0.6 is 0 Å². The summed E-state index contributed by atoms with van der Waals surface area (Å²) in [6, 6.07) is 8.21. The molecule has 0 aliphatic carbocycles. The summed E-state index contributed by atoms with van der Waals surface area (Å²) in [6.45, 7) is 1.16. The minimum Gasteiger partial charge on any atom is -0.378 e. The maximum Gasteiger partial charge on any atom is 0.244 e. The second kappa shape index (κ2) is 7.03. The van der Waals surface area contributed by atoms with E-state index in [-0.39, 0.29) is 16.6 Å². The molecule has 1 atom stereocenters. The Morgan fingerprint density at radius 2 is 2.14 bits per heavy atom. The van der Waals surface area contributed by atoms with Crippen molar-refractivity contribution >= 4 is 10.0 Å². The summed E-state index contributed by atoms with van der Waals surface area (Å²) in [5, 5.41) is 9.04. The van der Waals surface area contributed by atoms with Gasteiger partial charge in [-0.3, -0.25) is 0 Å². The fourth-order valence-electron chi connectivity index (χ4n) is 2.43. The molecule has 1 fully saturated rings. The molecule has 0 bridgehead atoms.